The standard InChI is InChI=1S/C18H22FN/c1-14-5-3-6-15(9-14)10-17(13-20-2)11-16-7-4-8-18(19)12-16/h3-9,12,17,20H,10-11,13H2,1-2H3. The number of rotatable bonds is 6. The number of nitrogens with one attached hydrogen (secondary N) is 1. The summed E-state index contributed by atoms with van der Waals surface area (Å²) < 4.78 is 13.3. The van der Waals surface area contributed by atoms with Gasteiger partial charge in [-0.15, -0.1) is 0 Å². The summed E-state index contributed by atoms with van der Waals surface area (Å²) >= 11 is 0. The number of hydrogen-bond donors (Lipinski definition) is 1. The van der Waals surface area contributed by atoms with Crippen LogP contribution < -0.4 is 5.32 Å². The Morgan fingerprint density at radius 1 is 1.00 bits per heavy atom. The lowest BCUT2D eigenvalue weighted by molar-refractivity contribution is 0.491. The first-order chi connectivity index (χ1) is 9.67. The van der Waals surface area contributed by atoms with Gasteiger partial charge in [-0.2, -0.15) is 0 Å². The van der Waals surface area contributed by atoms with Gasteiger partial charge in [-0.25, -0.2) is 4.39 Å². The predicted molar refractivity (Wildman–Crippen MR) is 82.4 cm³/mol. The molecule has 0 bridgehead atoms. The van der Waals surface area contributed by atoms with E-state index in [1.807, 2.05) is 13.1 Å². The molecule has 0 aliphatic carbocycles. The van der Waals surface area contributed by atoms with Crippen molar-refractivity contribution in [3.05, 3.63) is 71.0 Å². The second kappa shape index (κ2) is 7.20. The number of aryl methyl sites for hydroxylation is 1. The van der Waals surface area contributed by atoms with E-state index in [0.717, 1.165) is 24.9 Å². The monoisotopic (exact) mass is 271 g/mol. The van der Waals surface area contributed by atoms with E-state index in [-0.39, 0.29) is 5.82 Å². The van der Waals surface area contributed by atoms with Gasteiger partial charge in [0, 0.05) is 0 Å². The number of benzene rings is 2. The minimum atomic E-state index is -0.152. The summed E-state index contributed by atoms with van der Waals surface area (Å²) in [5.74, 6) is 0.324. The van der Waals surface area contributed by atoms with Crippen LogP contribution in [0.3, 0.4) is 0 Å². The zero-order valence-electron chi connectivity index (χ0n) is 12.2. The van der Waals surface area contributed by atoms with Crippen molar-refractivity contribution < 1.29 is 4.39 Å². The quantitative estimate of drug-likeness (QED) is 0.843. The molecule has 0 heterocycles. The molecular formula is C18H22FN. The minimum Gasteiger partial charge on any atom is -0.319 e. The van der Waals surface area contributed by atoms with Crippen LogP contribution in [0, 0.1) is 18.7 Å². The minimum absolute atomic E-state index is 0.152. The van der Waals surface area contributed by atoms with Crippen LogP contribution in [0.5, 0.6) is 0 Å². The lowest BCUT2D eigenvalue weighted by Crippen LogP contribution is -2.22. The Hall–Kier alpha value is -1.67. The topological polar surface area (TPSA) is 12.0 Å². The molecule has 20 heavy (non-hydrogen) atoms. The van der Waals surface area contributed by atoms with Gasteiger partial charge in [-0.3, -0.25) is 0 Å². The fourth-order valence-electron chi connectivity index (χ4n) is 2.67. The SMILES string of the molecule is CNCC(Cc1cccc(C)c1)Cc1cccc(F)c1. The van der Waals surface area contributed by atoms with Crippen LogP contribution in [0.15, 0.2) is 48.5 Å². The van der Waals surface area contributed by atoms with Crippen molar-refractivity contribution in [3.63, 3.8) is 0 Å². The average molecular weight is 271 g/mol. The highest BCUT2D eigenvalue weighted by Gasteiger charge is 2.10. The predicted octanol–water partition coefficient (Wildman–Crippen LogP) is 3.75. The van der Waals surface area contributed by atoms with E-state index < -0.39 is 0 Å². The molecule has 0 aliphatic heterocycles. The third-order valence-corrected chi connectivity index (χ3v) is 3.51. The van der Waals surface area contributed by atoms with Gasteiger partial charge < -0.3 is 5.32 Å². The molecule has 0 saturated carbocycles. The summed E-state index contributed by atoms with van der Waals surface area (Å²) in [7, 11) is 1.97. The molecule has 0 aromatic heterocycles. The molecule has 1 atom stereocenters. The zero-order valence-corrected chi connectivity index (χ0v) is 12.2. The molecule has 0 aliphatic rings. The first-order valence-electron chi connectivity index (χ1n) is 7.12. The van der Waals surface area contributed by atoms with Gasteiger partial charge in [-0.05, 0) is 62.5 Å². The van der Waals surface area contributed by atoms with E-state index in [0.29, 0.717) is 5.92 Å². The lowest BCUT2D eigenvalue weighted by atomic mass is 9.92. The summed E-state index contributed by atoms with van der Waals surface area (Å²) in [6, 6.07) is 15.5. The second-order valence-electron chi connectivity index (χ2n) is 5.45. The number of hydrogen-bond acceptors (Lipinski definition) is 1. The van der Waals surface area contributed by atoms with Crippen molar-refractivity contribution >= 4 is 0 Å². The first kappa shape index (κ1) is 14.7. The molecule has 0 spiro atoms. The van der Waals surface area contributed by atoms with E-state index in [2.05, 4.69) is 36.5 Å². The van der Waals surface area contributed by atoms with Gasteiger partial charge >= 0.3 is 0 Å². The van der Waals surface area contributed by atoms with Crippen LogP contribution in [0.1, 0.15) is 16.7 Å². The Morgan fingerprint density at radius 2 is 1.65 bits per heavy atom. The number of halogens is 1. The molecule has 2 heteroatoms. The average Bonchev–Trinajstić information content (AvgIpc) is 2.39. The summed E-state index contributed by atoms with van der Waals surface area (Å²) in [5, 5.41) is 3.24. The Labute approximate surface area is 120 Å². The van der Waals surface area contributed by atoms with E-state index in [9.17, 15) is 4.39 Å². The van der Waals surface area contributed by atoms with Crippen LogP contribution in [0.25, 0.3) is 0 Å². The molecule has 1 unspecified atom stereocenters. The highest BCUT2D eigenvalue weighted by atomic mass is 19.1. The zero-order chi connectivity index (χ0) is 14.4. The highest BCUT2D eigenvalue weighted by Crippen LogP contribution is 2.16. The second-order valence-corrected chi connectivity index (χ2v) is 5.45. The maximum absolute atomic E-state index is 13.3. The van der Waals surface area contributed by atoms with Gasteiger partial charge in [0.05, 0.1) is 0 Å². The molecule has 0 amide bonds. The molecule has 2 aromatic carbocycles. The molecule has 106 valence electrons. The molecule has 0 saturated heterocycles. The van der Waals surface area contributed by atoms with Crippen molar-refractivity contribution in [2.24, 2.45) is 5.92 Å². The van der Waals surface area contributed by atoms with Crippen LogP contribution in [0.4, 0.5) is 4.39 Å². The molecule has 1 N–H and O–H groups in total. The molecule has 0 radical (unpaired) electrons. The largest absolute Gasteiger partial charge is 0.319 e. The van der Waals surface area contributed by atoms with Gasteiger partial charge in [-0.1, -0.05) is 42.0 Å². The molecule has 2 rings (SSSR count). The molecular weight excluding hydrogens is 249 g/mol. The lowest BCUT2D eigenvalue weighted by Gasteiger charge is -2.17. The van der Waals surface area contributed by atoms with Gasteiger partial charge in [0.2, 0.25) is 0 Å². The van der Waals surface area contributed by atoms with Crippen molar-refractivity contribution in [3.8, 4) is 0 Å². The van der Waals surface area contributed by atoms with Crippen LogP contribution in [0.2, 0.25) is 0 Å². The Balaban J connectivity index is 2.07. The van der Waals surface area contributed by atoms with Crippen LogP contribution in [-0.4, -0.2) is 13.6 Å². The summed E-state index contributed by atoms with van der Waals surface area (Å²) in [4.78, 5) is 0. The van der Waals surface area contributed by atoms with Crippen molar-refractivity contribution in [1.82, 2.24) is 5.32 Å². The first-order valence-corrected chi connectivity index (χ1v) is 7.12. The summed E-state index contributed by atoms with van der Waals surface area (Å²) in [6.07, 6.45) is 1.91. The van der Waals surface area contributed by atoms with E-state index >= 15 is 0 Å². The third-order valence-electron chi connectivity index (χ3n) is 3.51. The van der Waals surface area contributed by atoms with Gasteiger partial charge in [0.25, 0.3) is 0 Å². The molecule has 1 nitrogen and oxygen atoms in total. The maximum atomic E-state index is 13.3. The van der Waals surface area contributed by atoms with Crippen LogP contribution >= 0.6 is 0 Å². The van der Waals surface area contributed by atoms with Gasteiger partial charge in [0.15, 0.2) is 0 Å². The molecule has 0 fully saturated rings. The van der Waals surface area contributed by atoms with Crippen molar-refractivity contribution in [2.45, 2.75) is 19.8 Å². The molecule has 2 aromatic rings. The van der Waals surface area contributed by atoms with Crippen molar-refractivity contribution in [2.75, 3.05) is 13.6 Å². The smallest absolute Gasteiger partial charge is 0.123 e. The van der Waals surface area contributed by atoms with Crippen molar-refractivity contribution in [1.29, 1.82) is 0 Å². The highest BCUT2D eigenvalue weighted by molar-refractivity contribution is 5.23. The fraction of sp³-hybridized carbons (Fsp3) is 0.333. The van der Waals surface area contributed by atoms with E-state index in [1.165, 1.54) is 17.2 Å². The Morgan fingerprint density at radius 3 is 2.25 bits per heavy atom. The van der Waals surface area contributed by atoms with Gasteiger partial charge in [0.1, 0.15) is 5.82 Å². The normalized spacial score (nSPS) is 12.3. The summed E-state index contributed by atoms with van der Waals surface area (Å²) in [6.45, 7) is 3.05. The maximum Gasteiger partial charge on any atom is 0.123 e. The Bertz CT molecular complexity index is 503. The van der Waals surface area contributed by atoms with Crippen LogP contribution in [-0.2, 0) is 12.8 Å². The fourth-order valence-corrected chi connectivity index (χ4v) is 2.67. The van der Waals surface area contributed by atoms with E-state index in [1.54, 1.807) is 12.1 Å². The third kappa shape index (κ3) is 4.46. The van der Waals surface area contributed by atoms with E-state index in [4.69, 9.17) is 0 Å². The Kier molecular flexibility index (Phi) is 5.31. The summed E-state index contributed by atoms with van der Waals surface area (Å²) in [5.41, 5.74) is 3.70.